The third-order valence-corrected chi connectivity index (χ3v) is 3.89. The summed E-state index contributed by atoms with van der Waals surface area (Å²) in [7, 11) is 0. The van der Waals surface area contributed by atoms with E-state index in [9.17, 15) is 4.79 Å². The molecule has 4 heteroatoms. The molecule has 0 aliphatic carbocycles. The van der Waals surface area contributed by atoms with Gasteiger partial charge in [-0.3, -0.25) is 4.79 Å². The first kappa shape index (κ1) is 15.1. The molecule has 100 valence electrons. The van der Waals surface area contributed by atoms with Crippen LogP contribution >= 0.6 is 11.8 Å². The highest BCUT2D eigenvalue weighted by Crippen LogP contribution is 2.24. The molecule has 0 saturated heterocycles. The number of carbonyl (C=O) groups is 1. The fourth-order valence-electron chi connectivity index (χ4n) is 1.49. The van der Waals surface area contributed by atoms with Gasteiger partial charge in [0.1, 0.15) is 5.54 Å². The Balaban J connectivity index is 2.46. The summed E-state index contributed by atoms with van der Waals surface area (Å²) in [6, 6.07) is 8.20. The molecule has 1 atom stereocenters. The van der Waals surface area contributed by atoms with Gasteiger partial charge in [0, 0.05) is 10.6 Å². The zero-order chi connectivity index (χ0) is 13.6. The zero-order valence-electron chi connectivity index (χ0n) is 11.2. The van der Waals surface area contributed by atoms with E-state index in [1.54, 1.807) is 25.6 Å². The van der Waals surface area contributed by atoms with E-state index in [0.29, 0.717) is 13.0 Å². The van der Waals surface area contributed by atoms with Gasteiger partial charge >= 0.3 is 5.97 Å². The third-order valence-electron chi connectivity index (χ3n) is 2.71. The van der Waals surface area contributed by atoms with Gasteiger partial charge in [0.05, 0.1) is 6.61 Å². The highest BCUT2D eigenvalue weighted by atomic mass is 32.2. The number of hydrogen-bond donors (Lipinski definition) is 1. The van der Waals surface area contributed by atoms with Crippen molar-refractivity contribution in [1.29, 1.82) is 0 Å². The predicted molar refractivity (Wildman–Crippen MR) is 75.7 cm³/mol. The number of hydrogen-bond acceptors (Lipinski definition) is 4. The number of benzene rings is 1. The van der Waals surface area contributed by atoms with Crippen LogP contribution in [0.3, 0.4) is 0 Å². The van der Waals surface area contributed by atoms with Crippen LogP contribution in [0.2, 0.25) is 0 Å². The minimum absolute atomic E-state index is 0.324. The number of ether oxygens (including phenoxy) is 1. The highest BCUT2D eigenvalue weighted by Gasteiger charge is 2.29. The molecule has 1 rings (SSSR count). The standard InChI is InChI=1S/C14H21NO2S/c1-4-17-13(16)14(3,15)9-10-18-12-8-6-5-7-11(12)2/h5-8H,4,9-10,15H2,1-3H3. The van der Waals surface area contributed by atoms with Crippen molar-refractivity contribution < 1.29 is 9.53 Å². The third kappa shape index (κ3) is 4.35. The maximum Gasteiger partial charge on any atom is 0.325 e. The molecule has 18 heavy (non-hydrogen) atoms. The number of thioether (sulfide) groups is 1. The Kier molecular flexibility index (Phi) is 5.69. The van der Waals surface area contributed by atoms with Crippen LogP contribution in [0.25, 0.3) is 0 Å². The minimum atomic E-state index is -0.897. The lowest BCUT2D eigenvalue weighted by atomic mass is 10.0. The van der Waals surface area contributed by atoms with Crippen LogP contribution in [0.15, 0.2) is 29.2 Å². The lowest BCUT2D eigenvalue weighted by Gasteiger charge is -2.21. The van der Waals surface area contributed by atoms with Gasteiger partial charge in [0.15, 0.2) is 0 Å². The molecule has 0 heterocycles. The lowest BCUT2D eigenvalue weighted by molar-refractivity contribution is -0.149. The fraction of sp³-hybridized carbons (Fsp3) is 0.500. The number of nitrogens with two attached hydrogens (primary N) is 1. The van der Waals surface area contributed by atoms with Crippen molar-refractivity contribution in [3.8, 4) is 0 Å². The second-order valence-electron chi connectivity index (χ2n) is 4.50. The first-order valence-corrected chi connectivity index (χ1v) is 7.10. The van der Waals surface area contributed by atoms with Crippen molar-refractivity contribution in [3.05, 3.63) is 29.8 Å². The Labute approximate surface area is 113 Å². The molecule has 0 radical (unpaired) electrons. The Morgan fingerprint density at radius 1 is 1.44 bits per heavy atom. The molecule has 0 aliphatic rings. The summed E-state index contributed by atoms with van der Waals surface area (Å²) in [6.45, 7) is 5.96. The lowest BCUT2D eigenvalue weighted by Crippen LogP contribution is -2.46. The predicted octanol–water partition coefficient (Wildman–Crippen LogP) is 2.76. The van der Waals surface area contributed by atoms with Crippen molar-refractivity contribution in [1.82, 2.24) is 0 Å². The van der Waals surface area contributed by atoms with Crippen LogP contribution in [0, 0.1) is 6.92 Å². The summed E-state index contributed by atoms with van der Waals surface area (Å²) in [5, 5.41) is 0. The Bertz CT molecular complexity index is 405. The van der Waals surface area contributed by atoms with Gasteiger partial charge in [0.2, 0.25) is 0 Å². The van der Waals surface area contributed by atoms with Crippen molar-refractivity contribution in [2.75, 3.05) is 12.4 Å². The van der Waals surface area contributed by atoms with E-state index in [2.05, 4.69) is 19.1 Å². The quantitative estimate of drug-likeness (QED) is 0.636. The van der Waals surface area contributed by atoms with Crippen molar-refractivity contribution in [2.24, 2.45) is 5.73 Å². The molecular formula is C14H21NO2S. The molecule has 0 aliphatic heterocycles. The van der Waals surface area contributed by atoms with Gasteiger partial charge in [-0.1, -0.05) is 18.2 Å². The summed E-state index contributed by atoms with van der Waals surface area (Å²) >= 11 is 1.72. The molecule has 0 fully saturated rings. The number of aryl methyl sites for hydroxylation is 1. The van der Waals surface area contributed by atoms with Crippen molar-refractivity contribution in [3.63, 3.8) is 0 Å². The first-order valence-electron chi connectivity index (χ1n) is 6.12. The van der Waals surface area contributed by atoms with Gasteiger partial charge in [-0.15, -0.1) is 11.8 Å². The van der Waals surface area contributed by atoms with Crippen LogP contribution in [0.5, 0.6) is 0 Å². The zero-order valence-corrected chi connectivity index (χ0v) is 12.0. The van der Waals surface area contributed by atoms with E-state index in [1.165, 1.54) is 10.5 Å². The maximum atomic E-state index is 11.6. The average molecular weight is 267 g/mol. The second kappa shape index (κ2) is 6.81. The monoisotopic (exact) mass is 267 g/mol. The second-order valence-corrected chi connectivity index (χ2v) is 5.64. The molecule has 0 bridgehead atoms. The summed E-state index contributed by atoms with van der Waals surface area (Å²) in [6.07, 6.45) is 0.602. The Hall–Kier alpha value is -1.00. The highest BCUT2D eigenvalue weighted by molar-refractivity contribution is 7.99. The first-order chi connectivity index (χ1) is 8.47. The molecule has 1 unspecified atom stereocenters. The van der Waals surface area contributed by atoms with E-state index in [-0.39, 0.29) is 5.97 Å². The number of carbonyl (C=O) groups excluding carboxylic acids is 1. The Morgan fingerprint density at radius 3 is 2.72 bits per heavy atom. The minimum Gasteiger partial charge on any atom is -0.465 e. The summed E-state index contributed by atoms with van der Waals surface area (Å²) in [5.74, 6) is 0.479. The van der Waals surface area contributed by atoms with Crippen LogP contribution in [0.4, 0.5) is 0 Å². The smallest absolute Gasteiger partial charge is 0.325 e. The molecule has 0 aromatic heterocycles. The van der Waals surface area contributed by atoms with Crippen molar-refractivity contribution >= 4 is 17.7 Å². The Morgan fingerprint density at radius 2 is 2.11 bits per heavy atom. The molecular weight excluding hydrogens is 246 g/mol. The molecule has 1 aromatic carbocycles. The molecule has 0 amide bonds. The molecule has 1 aromatic rings. The SMILES string of the molecule is CCOC(=O)C(C)(N)CCSc1ccccc1C. The van der Waals surface area contributed by atoms with E-state index in [4.69, 9.17) is 10.5 Å². The van der Waals surface area contributed by atoms with Gasteiger partial charge in [-0.25, -0.2) is 0 Å². The number of esters is 1. The van der Waals surface area contributed by atoms with Gasteiger partial charge in [-0.2, -0.15) is 0 Å². The van der Waals surface area contributed by atoms with Crippen LogP contribution in [-0.4, -0.2) is 23.9 Å². The molecule has 0 saturated carbocycles. The van der Waals surface area contributed by atoms with Gasteiger partial charge in [-0.05, 0) is 38.8 Å². The maximum absolute atomic E-state index is 11.6. The normalized spacial score (nSPS) is 14.0. The molecule has 0 spiro atoms. The van der Waals surface area contributed by atoms with Gasteiger partial charge < -0.3 is 10.5 Å². The topological polar surface area (TPSA) is 52.3 Å². The van der Waals surface area contributed by atoms with Crippen molar-refractivity contribution in [2.45, 2.75) is 37.6 Å². The fourth-order valence-corrected chi connectivity index (χ4v) is 2.71. The summed E-state index contributed by atoms with van der Waals surface area (Å²) in [5.41, 5.74) is 6.31. The summed E-state index contributed by atoms with van der Waals surface area (Å²) in [4.78, 5) is 12.9. The van der Waals surface area contributed by atoms with Crippen LogP contribution in [0.1, 0.15) is 25.8 Å². The molecule has 2 N–H and O–H groups in total. The average Bonchev–Trinajstić information content (AvgIpc) is 2.32. The van der Waals surface area contributed by atoms with Gasteiger partial charge in [0.25, 0.3) is 0 Å². The van der Waals surface area contributed by atoms with E-state index < -0.39 is 5.54 Å². The summed E-state index contributed by atoms with van der Waals surface area (Å²) < 4.78 is 4.96. The van der Waals surface area contributed by atoms with E-state index in [0.717, 1.165) is 5.75 Å². The van der Waals surface area contributed by atoms with E-state index >= 15 is 0 Å². The largest absolute Gasteiger partial charge is 0.465 e. The van der Waals surface area contributed by atoms with E-state index in [1.807, 2.05) is 12.1 Å². The van der Waals surface area contributed by atoms with Crippen LogP contribution in [-0.2, 0) is 9.53 Å². The molecule has 3 nitrogen and oxygen atoms in total. The number of rotatable bonds is 6. The van der Waals surface area contributed by atoms with Crippen LogP contribution < -0.4 is 5.73 Å².